The summed E-state index contributed by atoms with van der Waals surface area (Å²) in [5.41, 5.74) is -0.408. The summed E-state index contributed by atoms with van der Waals surface area (Å²) in [5, 5.41) is 2.59. The summed E-state index contributed by atoms with van der Waals surface area (Å²) in [5.74, 6) is 0. The second-order valence-electron chi connectivity index (χ2n) is 2.54. The first-order valence-electron chi connectivity index (χ1n) is 3.46. The summed E-state index contributed by atoms with van der Waals surface area (Å²) in [7, 11) is 1.48. The van der Waals surface area contributed by atoms with Crippen LogP contribution in [0.3, 0.4) is 0 Å². The van der Waals surface area contributed by atoms with Gasteiger partial charge in [-0.25, -0.2) is 8.78 Å². The lowest BCUT2D eigenvalue weighted by Gasteiger charge is -1.95. The summed E-state index contributed by atoms with van der Waals surface area (Å²) in [6, 6.07) is 0. The summed E-state index contributed by atoms with van der Waals surface area (Å²) >= 11 is 5.15. The highest BCUT2D eigenvalue weighted by atomic mass is 35.5. The molecule has 0 aliphatic carbocycles. The molecule has 0 aliphatic rings. The second kappa shape index (κ2) is 3.41. The Morgan fingerprint density at radius 2 is 2.15 bits per heavy atom. The van der Waals surface area contributed by atoms with Crippen molar-refractivity contribution in [3.05, 3.63) is 17.0 Å². The van der Waals surface area contributed by atoms with Crippen LogP contribution >= 0.6 is 11.6 Å². The Kier molecular flexibility index (Phi) is 2.66. The van der Waals surface area contributed by atoms with Crippen molar-refractivity contribution in [1.82, 2.24) is 9.78 Å². The van der Waals surface area contributed by atoms with Crippen LogP contribution in [0.5, 0.6) is 0 Å². The first-order chi connectivity index (χ1) is 5.95. The number of carbonyl (C=O) groups is 1. The number of rotatable bonds is 2. The van der Waals surface area contributed by atoms with Crippen LogP contribution in [-0.2, 0) is 7.05 Å². The van der Waals surface area contributed by atoms with Gasteiger partial charge in [-0.15, -0.1) is 0 Å². The number of alkyl halides is 2. The van der Waals surface area contributed by atoms with Gasteiger partial charge in [-0.2, -0.15) is 5.10 Å². The number of aryl methyl sites for hydroxylation is 1. The van der Waals surface area contributed by atoms with Crippen molar-refractivity contribution in [3.8, 4) is 0 Å². The maximum absolute atomic E-state index is 12.3. The van der Waals surface area contributed by atoms with Crippen LogP contribution in [0.15, 0.2) is 0 Å². The zero-order chi connectivity index (χ0) is 10.2. The highest BCUT2D eigenvalue weighted by molar-refractivity contribution is 6.68. The van der Waals surface area contributed by atoms with Crippen molar-refractivity contribution in [2.45, 2.75) is 13.3 Å². The molecule has 0 aliphatic heterocycles. The van der Waals surface area contributed by atoms with Crippen molar-refractivity contribution in [1.29, 1.82) is 0 Å². The van der Waals surface area contributed by atoms with Gasteiger partial charge in [0.1, 0.15) is 5.69 Å². The Morgan fingerprint density at radius 1 is 1.62 bits per heavy atom. The van der Waals surface area contributed by atoms with E-state index in [0.717, 1.165) is 0 Å². The highest BCUT2D eigenvalue weighted by Crippen LogP contribution is 2.24. The minimum atomic E-state index is -2.78. The lowest BCUT2D eigenvalue weighted by Crippen LogP contribution is -1.97. The van der Waals surface area contributed by atoms with Crippen molar-refractivity contribution < 1.29 is 13.6 Å². The van der Waals surface area contributed by atoms with Gasteiger partial charge >= 0.3 is 0 Å². The number of carbonyl (C=O) groups excluding carboxylic acids is 1. The van der Waals surface area contributed by atoms with E-state index >= 15 is 0 Å². The van der Waals surface area contributed by atoms with Crippen molar-refractivity contribution in [3.63, 3.8) is 0 Å². The molecule has 1 heterocycles. The molecule has 0 atom stereocenters. The van der Waals surface area contributed by atoms with E-state index in [-0.39, 0.29) is 5.56 Å². The summed E-state index contributed by atoms with van der Waals surface area (Å²) in [6.07, 6.45) is -2.78. The third kappa shape index (κ3) is 1.70. The Balaban J connectivity index is 3.35. The topological polar surface area (TPSA) is 34.9 Å². The summed E-state index contributed by atoms with van der Waals surface area (Å²) < 4.78 is 25.8. The third-order valence-corrected chi connectivity index (χ3v) is 1.95. The van der Waals surface area contributed by atoms with Crippen LogP contribution in [0, 0.1) is 6.92 Å². The standard InChI is InChI=1S/C7H7ClF2N2O/c1-3-4(6(8)13)5(7(9)10)11-12(3)2/h7H,1-2H3. The van der Waals surface area contributed by atoms with Crippen molar-refractivity contribution in [2.75, 3.05) is 0 Å². The van der Waals surface area contributed by atoms with Gasteiger partial charge in [0.2, 0.25) is 0 Å². The highest BCUT2D eigenvalue weighted by Gasteiger charge is 2.24. The van der Waals surface area contributed by atoms with Gasteiger partial charge in [0, 0.05) is 12.7 Å². The van der Waals surface area contributed by atoms with Gasteiger partial charge in [-0.3, -0.25) is 9.48 Å². The Bertz CT molecular complexity index is 349. The molecule has 0 bridgehead atoms. The lowest BCUT2D eigenvalue weighted by atomic mass is 10.2. The quantitative estimate of drug-likeness (QED) is 0.698. The van der Waals surface area contributed by atoms with Crippen LogP contribution in [-0.4, -0.2) is 15.0 Å². The van der Waals surface area contributed by atoms with Crippen LogP contribution in [0.4, 0.5) is 8.78 Å². The number of halogens is 3. The van der Waals surface area contributed by atoms with Crippen LogP contribution in [0.1, 0.15) is 28.2 Å². The van der Waals surface area contributed by atoms with Gasteiger partial charge in [0.05, 0.1) is 5.56 Å². The molecule has 0 saturated heterocycles. The fourth-order valence-corrected chi connectivity index (χ4v) is 1.26. The molecular formula is C7H7ClF2N2O. The van der Waals surface area contributed by atoms with Crippen molar-refractivity contribution in [2.24, 2.45) is 7.05 Å². The van der Waals surface area contributed by atoms with E-state index in [4.69, 9.17) is 11.6 Å². The van der Waals surface area contributed by atoms with E-state index in [9.17, 15) is 13.6 Å². The van der Waals surface area contributed by atoms with Crippen LogP contribution in [0.25, 0.3) is 0 Å². The largest absolute Gasteiger partial charge is 0.282 e. The normalized spacial score (nSPS) is 10.9. The molecule has 0 unspecified atom stereocenters. The lowest BCUT2D eigenvalue weighted by molar-refractivity contribution is 0.106. The fourth-order valence-electron chi connectivity index (χ4n) is 1.03. The van der Waals surface area contributed by atoms with E-state index in [1.54, 1.807) is 0 Å². The third-order valence-electron chi connectivity index (χ3n) is 1.76. The Labute approximate surface area is 78.3 Å². The average molecular weight is 209 g/mol. The Morgan fingerprint density at radius 3 is 2.46 bits per heavy atom. The number of aromatic nitrogens is 2. The van der Waals surface area contributed by atoms with Gasteiger partial charge < -0.3 is 0 Å². The van der Waals surface area contributed by atoms with E-state index in [2.05, 4.69) is 5.10 Å². The summed E-state index contributed by atoms with van der Waals surface area (Å²) in [6.45, 7) is 1.51. The molecule has 0 N–H and O–H groups in total. The number of hydrogen-bond donors (Lipinski definition) is 0. The molecule has 6 heteroatoms. The number of nitrogens with zero attached hydrogens (tertiary/aromatic N) is 2. The molecular weight excluding hydrogens is 202 g/mol. The fraction of sp³-hybridized carbons (Fsp3) is 0.429. The molecule has 1 aromatic rings. The predicted molar refractivity (Wildman–Crippen MR) is 43.1 cm³/mol. The average Bonchev–Trinajstić information content (AvgIpc) is 2.28. The molecule has 1 rings (SSSR count). The van der Waals surface area contributed by atoms with Gasteiger partial charge in [-0.1, -0.05) is 0 Å². The van der Waals surface area contributed by atoms with E-state index in [0.29, 0.717) is 5.69 Å². The maximum atomic E-state index is 12.3. The minimum Gasteiger partial charge on any atom is -0.275 e. The van der Waals surface area contributed by atoms with E-state index in [1.165, 1.54) is 18.7 Å². The maximum Gasteiger partial charge on any atom is 0.282 e. The smallest absolute Gasteiger partial charge is 0.275 e. The first kappa shape index (κ1) is 10.1. The van der Waals surface area contributed by atoms with Gasteiger partial charge in [0.25, 0.3) is 11.7 Å². The molecule has 72 valence electrons. The molecule has 0 spiro atoms. The summed E-state index contributed by atoms with van der Waals surface area (Å²) in [4.78, 5) is 10.8. The zero-order valence-corrected chi connectivity index (χ0v) is 7.77. The molecule has 0 amide bonds. The number of hydrogen-bond acceptors (Lipinski definition) is 2. The second-order valence-corrected chi connectivity index (χ2v) is 2.89. The minimum absolute atomic E-state index is 0.195. The van der Waals surface area contributed by atoms with Crippen LogP contribution < -0.4 is 0 Å². The predicted octanol–water partition coefficient (Wildman–Crippen LogP) is 2.05. The molecule has 3 nitrogen and oxygen atoms in total. The SMILES string of the molecule is Cc1c(C(=O)Cl)c(C(F)F)nn1C. The van der Waals surface area contributed by atoms with E-state index < -0.39 is 17.4 Å². The van der Waals surface area contributed by atoms with E-state index in [1.807, 2.05) is 0 Å². The first-order valence-corrected chi connectivity index (χ1v) is 3.84. The van der Waals surface area contributed by atoms with Gasteiger partial charge in [-0.05, 0) is 18.5 Å². The van der Waals surface area contributed by atoms with Crippen molar-refractivity contribution >= 4 is 16.8 Å². The molecule has 1 aromatic heterocycles. The molecule has 13 heavy (non-hydrogen) atoms. The van der Waals surface area contributed by atoms with Gasteiger partial charge in [0.15, 0.2) is 0 Å². The molecule has 0 aromatic carbocycles. The monoisotopic (exact) mass is 208 g/mol. The Hall–Kier alpha value is -0.970. The zero-order valence-electron chi connectivity index (χ0n) is 7.01. The molecule has 0 radical (unpaired) electrons. The van der Waals surface area contributed by atoms with Crippen LogP contribution in [0.2, 0.25) is 0 Å². The molecule has 0 saturated carbocycles. The molecule has 0 fully saturated rings.